The van der Waals surface area contributed by atoms with E-state index in [1.54, 1.807) is 42.5 Å². The summed E-state index contributed by atoms with van der Waals surface area (Å²) in [6.45, 7) is 2.25. The number of methoxy groups -OCH3 is 1. The Labute approximate surface area is 184 Å². The first-order valence-electron chi connectivity index (χ1n) is 8.76. The van der Waals surface area contributed by atoms with E-state index in [1.807, 2.05) is 6.92 Å². The smallest absolute Gasteiger partial charge is 0.337 e. The number of nitrogens with zero attached hydrogens (tertiary/aromatic N) is 3. The quantitative estimate of drug-likeness (QED) is 0.259. The molecule has 0 N–H and O–H groups in total. The molecule has 2 aromatic rings. The number of nitro groups is 1. The molecule has 1 heterocycles. The van der Waals surface area contributed by atoms with Crippen molar-refractivity contribution >= 4 is 62.2 Å². The number of ether oxygens (including phenoxy) is 1. The summed E-state index contributed by atoms with van der Waals surface area (Å²) in [4.78, 5) is 41.4. The monoisotopic (exact) mass is 489 g/mol. The van der Waals surface area contributed by atoms with Crippen LogP contribution in [0.1, 0.15) is 22.8 Å². The molecule has 0 aromatic heterocycles. The first-order chi connectivity index (χ1) is 14.3. The summed E-state index contributed by atoms with van der Waals surface area (Å²) < 4.78 is 5.04. The molecule has 0 bridgehead atoms. The Hall–Kier alpha value is -2.98. The third-order valence-electron chi connectivity index (χ3n) is 4.18. The third-order valence-corrected chi connectivity index (χ3v) is 5.86. The molecule has 0 saturated carbocycles. The fraction of sp³-hybridized carbons (Fsp3) is 0.150. The molecule has 0 aliphatic carbocycles. The number of amidine groups is 1. The van der Waals surface area contributed by atoms with Crippen molar-refractivity contribution in [2.24, 2.45) is 4.99 Å². The van der Waals surface area contributed by atoms with E-state index in [-0.39, 0.29) is 11.6 Å². The van der Waals surface area contributed by atoms with E-state index < -0.39 is 10.9 Å². The lowest BCUT2D eigenvalue weighted by atomic mass is 10.2. The molecule has 1 fully saturated rings. The highest BCUT2D eigenvalue weighted by molar-refractivity contribution is 9.10. The first-order valence-corrected chi connectivity index (χ1v) is 10.4. The van der Waals surface area contributed by atoms with Gasteiger partial charge in [-0.05, 0) is 76.6 Å². The van der Waals surface area contributed by atoms with Crippen molar-refractivity contribution in [2.45, 2.75) is 6.92 Å². The maximum Gasteiger partial charge on any atom is 0.337 e. The van der Waals surface area contributed by atoms with Gasteiger partial charge in [-0.2, -0.15) is 0 Å². The maximum atomic E-state index is 12.8. The van der Waals surface area contributed by atoms with Crippen LogP contribution < -0.4 is 0 Å². The fourth-order valence-corrected chi connectivity index (χ4v) is 4.14. The summed E-state index contributed by atoms with van der Waals surface area (Å²) in [6, 6.07) is 11.2. The molecule has 2 aromatic carbocycles. The Balaban J connectivity index is 1.90. The van der Waals surface area contributed by atoms with Crippen molar-refractivity contribution in [3.05, 3.63) is 73.1 Å². The number of benzene rings is 2. The Kier molecular flexibility index (Phi) is 6.68. The van der Waals surface area contributed by atoms with Crippen molar-refractivity contribution in [3.63, 3.8) is 0 Å². The van der Waals surface area contributed by atoms with E-state index in [0.29, 0.717) is 37.9 Å². The number of esters is 1. The van der Waals surface area contributed by atoms with Gasteiger partial charge in [-0.25, -0.2) is 9.79 Å². The van der Waals surface area contributed by atoms with E-state index in [9.17, 15) is 19.7 Å². The lowest BCUT2D eigenvalue weighted by Gasteiger charge is -2.12. The molecule has 3 rings (SSSR count). The molecular formula is C20H16BrN3O5S. The average Bonchev–Trinajstić information content (AvgIpc) is 3.03. The van der Waals surface area contributed by atoms with Crippen LogP contribution in [0.3, 0.4) is 0 Å². The molecule has 8 nitrogen and oxygen atoms in total. The van der Waals surface area contributed by atoms with Crippen LogP contribution in [0.2, 0.25) is 0 Å². The van der Waals surface area contributed by atoms with Gasteiger partial charge in [-0.1, -0.05) is 6.07 Å². The molecule has 0 spiro atoms. The Morgan fingerprint density at radius 1 is 1.30 bits per heavy atom. The second kappa shape index (κ2) is 9.23. The van der Waals surface area contributed by atoms with Gasteiger partial charge >= 0.3 is 5.97 Å². The highest BCUT2D eigenvalue weighted by Gasteiger charge is 2.32. The standard InChI is InChI=1S/C20H16BrN3O5S/c1-3-23-18(25)17(11-12-4-9-15(21)16(10-12)24(27)28)30-20(23)22-14-7-5-13(6-8-14)19(26)29-2/h4-11H,3H2,1-2H3/b17-11+,22-20?. The summed E-state index contributed by atoms with van der Waals surface area (Å²) in [5, 5.41) is 11.6. The second-order valence-electron chi connectivity index (χ2n) is 6.06. The van der Waals surface area contributed by atoms with E-state index in [4.69, 9.17) is 0 Å². The van der Waals surface area contributed by atoms with Gasteiger partial charge < -0.3 is 4.74 Å². The molecule has 1 aliphatic heterocycles. The zero-order valence-corrected chi connectivity index (χ0v) is 18.4. The number of carbonyl (C=O) groups excluding carboxylic acids is 2. The van der Waals surface area contributed by atoms with Gasteiger partial charge in [-0.3, -0.25) is 19.8 Å². The second-order valence-corrected chi connectivity index (χ2v) is 7.92. The van der Waals surface area contributed by atoms with E-state index in [2.05, 4.69) is 25.7 Å². The Morgan fingerprint density at radius 3 is 2.60 bits per heavy atom. The summed E-state index contributed by atoms with van der Waals surface area (Å²) in [5.74, 6) is -0.665. The summed E-state index contributed by atoms with van der Waals surface area (Å²) in [7, 11) is 1.31. The van der Waals surface area contributed by atoms with Gasteiger partial charge in [-0.15, -0.1) is 0 Å². The normalized spacial score (nSPS) is 16.4. The van der Waals surface area contributed by atoms with Gasteiger partial charge in [0.15, 0.2) is 5.17 Å². The minimum absolute atomic E-state index is 0.0771. The number of halogens is 1. The molecular weight excluding hydrogens is 474 g/mol. The SMILES string of the molecule is CCN1C(=O)/C(=C\c2ccc(Br)c([N+](=O)[O-])c2)SC1=Nc1ccc(C(=O)OC)cc1. The van der Waals surface area contributed by atoms with Gasteiger partial charge in [0, 0.05) is 12.6 Å². The predicted octanol–water partition coefficient (Wildman–Crippen LogP) is 4.77. The summed E-state index contributed by atoms with van der Waals surface area (Å²) in [5.41, 5.74) is 1.45. The molecule has 154 valence electrons. The van der Waals surface area contributed by atoms with E-state index in [1.165, 1.54) is 29.8 Å². The Morgan fingerprint density at radius 2 is 2.00 bits per heavy atom. The fourth-order valence-electron chi connectivity index (χ4n) is 2.68. The summed E-state index contributed by atoms with van der Waals surface area (Å²) >= 11 is 4.34. The number of amides is 1. The lowest BCUT2D eigenvalue weighted by Crippen LogP contribution is -2.28. The van der Waals surface area contributed by atoms with Crippen LogP contribution in [0.5, 0.6) is 0 Å². The minimum atomic E-state index is -0.487. The van der Waals surface area contributed by atoms with Crippen molar-refractivity contribution in [1.29, 1.82) is 0 Å². The number of likely N-dealkylation sites (N-methyl/N-ethyl adjacent to an activating group) is 1. The number of nitro benzene ring substituents is 1. The largest absolute Gasteiger partial charge is 0.465 e. The van der Waals surface area contributed by atoms with Crippen LogP contribution in [0.15, 0.2) is 56.8 Å². The topological polar surface area (TPSA) is 102 Å². The zero-order chi connectivity index (χ0) is 21.8. The van der Waals surface area contributed by atoms with Crippen LogP contribution in [0, 0.1) is 10.1 Å². The van der Waals surface area contributed by atoms with E-state index >= 15 is 0 Å². The molecule has 10 heteroatoms. The number of thioether (sulfide) groups is 1. The molecule has 1 saturated heterocycles. The van der Waals surface area contributed by atoms with Gasteiger partial charge in [0.25, 0.3) is 11.6 Å². The predicted molar refractivity (Wildman–Crippen MR) is 119 cm³/mol. The van der Waals surface area contributed by atoms with Gasteiger partial charge in [0.1, 0.15) is 0 Å². The minimum Gasteiger partial charge on any atom is -0.465 e. The number of hydrogen-bond donors (Lipinski definition) is 0. The molecule has 0 atom stereocenters. The molecule has 1 amide bonds. The molecule has 0 unspecified atom stereocenters. The van der Waals surface area contributed by atoms with E-state index in [0.717, 1.165) is 0 Å². The van der Waals surface area contributed by atoms with Crippen LogP contribution in [0.4, 0.5) is 11.4 Å². The molecule has 30 heavy (non-hydrogen) atoms. The molecule has 0 radical (unpaired) electrons. The zero-order valence-electron chi connectivity index (χ0n) is 16.0. The number of hydrogen-bond acceptors (Lipinski definition) is 7. The van der Waals surface area contributed by atoms with Gasteiger partial charge in [0.2, 0.25) is 0 Å². The first kappa shape index (κ1) is 21.7. The molecule has 1 aliphatic rings. The summed E-state index contributed by atoms with van der Waals surface area (Å²) in [6.07, 6.45) is 1.61. The third kappa shape index (κ3) is 4.60. The average molecular weight is 490 g/mol. The Bertz CT molecular complexity index is 1080. The van der Waals surface area contributed by atoms with Crippen LogP contribution in [-0.4, -0.2) is 40.5 Å². The van der Waals surface area contributed by atoms with Crippen LogP contribution >= 0.6 is 27.7 Å². The number of rotatable bonds is 5. The van der Waals surface area contributed by atoms with Crippen LogP contribution in [-0.2, 0) is 9.53 Å². The van der Waals surface area contributed by atoms with Crippen molar-refractivity contribution in [2.75, 3.05) is 13.7 Å². The maximum absolute atomic E-state index is 12.8. The van der Waals surface area contributed by atoms with Crippen molar-refractivity contribution < 1.29 is 19.2 Å². The number of carbonyl (C=O) groups is 2. The highest BCUT2D eigenvalue weighted by Crippen LogP contribution is 2.35. The van der Waals surface area contributed by atoms with Crippen LogP contribution in [0.25, 0.3) is 6.08 Å². The lowest BCUT2D eigenvalue weighted by molar-refractivity contribution is -0.385. The van der Waals surface area contributed by atoms with Crippen molar-refractivity contribution in [3.8, 4) is 0 Å². The van der Waals surface area contributed by atoms with Gasteiger partial charge in [0.05, 0.1) is 32.7 Å². The highest BCUT2D eigenvalue weighted by atomic mass is 79.9. The number of aliphatic imine (C=N–C) groups is 1. The van der Waals surface area contributed by atoms with Crippen molar-refractivity contribution in [1.82, 2.24) is 4.90 Å².